The first-order valence-corrected chi connectivity index (χ1v) is 9.76. The van der Waals surface area contributed by atoms with Crippen molar-refractivity contribution in [3.8, 4) is 17.2 Å². The fourth-order valence-corrected chi connectivity index (χ4v) is 4.57. The molecule has 30 heavy (non-hydrogen) atoms. The van der Waals surface area contributed by atoms with Crippen LogP contribution in [-0.2, 0) is 16.8 Å². The van der Waals surface area contributed by atoms with Crippen molar-refractivity contribution >= 4 is 11.6 Å². The molecule has 0 radical (unpaired) electrons. The molecule has 3 aliphatic heterocycles. The molecule has 0 saturated heterocycles. The third-order valence-electron chi connectivity index (χ3n) is 5.91. The van der Waals surface area contributed by atoms with Gasteiger partial charge in [0.05, 0.1) is 12.2 Å². The number of hydrogen-bond acceptors (Lipinski definition) is 5. The van der Waals surface area contributed by atoms with Gasteiger partial charge in [0.1, 0.15) is 36.8 Å². The topological polar surface area (TPSA) is 60.9 Å². The van der Waals surface area contributed by atoms with E-state index in [2.05, 4.69) is 4.98 Å². The minimum Gasteiger partial charge on any atom is -0.491 e. The van der Waals surface area contributed by atoms with Crippen molar-refractivity contribution < 1.29 is 23.4 Å². The van der Waals surface area contributed by atoms with Crippen LogP contribution < -0.4 is 19.1 Å². The lowest BCUT2D eigenvalue weighted by molar-refractivity contribution is -0.122. The SMILES string of the molecule is O=C1N(Cc2cc(F)ccn2)c2ccccc2C12COc1cc3c(cc12)OCCO3. The van der Waals surface area contributed by atoms with E-state index < -0.39 is 5.41 Å². The maximum absolute atomic E-state index is 13.9. The van der Waals surface area contributed by atoms with Gasteiger partial charge in [0.2, 0.25) is 5.91 Å². The van der Waals surface area contributed by atoms with Crippen LogP contribution in [0.15, 0.2) is 54.7 Å². The molecule has 3 aliphatic rings. The van der Waals surface area contributed by atoms with Crippen molar-refractivity contribution in [2.24, 2.45) is 0 Å². The highest BCUT2D eigenvalue weighted by Gasteiger charge is 2.57. The van der Waals surface area contributed by atoms with Crippen LogP contribution >= 0.6 is 0 Å². The van der Waals surface area contributed by atoms with Gasteiger partial charge in [-0.2, -0.15) is 0 Å². The number of amides is 1. The van der Waals surface area contributed by atoms with Crippen LogP contribution in [0.1, 0.15) is 16.8 Å². The molecule has 0 N–H and O–H groups in total. The summed E-state index contributed by atoms with van der Waals surface area (Å²) in [7, 11) is 0. The van der Waals surface area contributed by atoms with Gasteiger partial charge in [-0.25, -0.2) is 4.39 Å². The van der Waals surface area contributed by atoms with Gasteiger partial charge in [-0.05, 0) is 29.8 Å². The number of fused-ring (bicyclic) bond motifs is 5. The molecule has 4 heterocycles. The quantitative estimate of drug-likeness (QED) is 0.657. The second kappa shape index (κ2) is 6.19. The Labute approximate surface area is 171 Å². The number of para-hydroxylation sites is 1. The Balaban J connectivity index is 1.49. The molecule has 0 fully saturated rings. The van der Waals surface area contributed by atoms with Crippen molar-refractivity contribution in [3.63, 3.8) is 0 Å². The van der Waals surface area contributed by atoms with Gasteiger partial charge in [-0.3, -0.25) is 9.78 Å². The molecule has 0 aliphatic carbocycles. The van der Waals surface area contributed by atoms with Crippen molar-refractivity contribution in [2.75, 3.05) is 24.7 Å². The molecule has 1 aromatic heterocycles. The molecule has 6 nitrogen and oxygen atoms in total. The molecule has 0 saturated carbocycles. The molecule has 3 aromatic rings. The zero-order chi connectivity index (χ0) is 20.3. The standard InChI is InChI=1S/C23H17FN2O4/c24-14-5-6-25-15(9-14)12-26-18-4-2-1-3-16(18)23(22(26)27)13-30-19-11-21-20(10-17(19)23)28-7-8-29-21/h1-6,9-11H,7-8,12-13H2. The number of rotatable bonds is 2. The highest BCUT2D eigenvalue weighted by molar-refractivity contribution is 6.11. The lowest BCUT2D eigenvalue weighted by Crippen LogP contribution is -2.42. The largest absolute Gasteiger partial charge is 0.491 e. The van der Waals surface area contributed by atoms with E-state index in [9.17, 15) is 9.18 Å². The second-order valence-electron chi connectivity index (χ2n) is 7.56. The maximum Gasteiger partial charge on any atom is 0.246 e. The number of pyridine rings is 1. The summed E-state index contributed by atoms with van der Waals surface area (Å²) in [6, 6.07) is 13.9. The first-order chi connectivity index (χ1) is 14.7. The Hall–Kier alpha value is -3.61. The maximum atomic E-state index is 13.9. The van der Waals surface area contributed by atoms with Gasteiger partial charge in [0.25, 0.3) is 0 Å². The molecule has 7 heteroatoms. The van der Waals surface area contributed by atoms with Crippen molar-refractivity contribution in [3.05, 3.63) is 77.4 Å². The molecule has 1 atom stereocenters. The number of carbonyl (C=O) groups is 1. The van der Waals surface area contributed by atoms with Gasteiger partial charge in [-0.1, -0.05) is 18.2 Å². The van der Waals surface area contributed by atoms with Gasteiger partial charge >= 0.3 is 0 Å². The zero-order valence-corrected chi connectivity index (χ0v) is 15.9. The summed E-state index contributed by atoms with van der Waals surface area (Å²) < 4.78 is 31.1. The van der Waals surface area contributed by atoms with E-state index in [-0.39, 0.29) is 24.9 Å². The van der Waals surface area contributed by atoms with E-state index in [0.29, 0.717) is 36.2 Å². The number of carbonyl (C=O) groups excluding carboxylic acids is 1. The van der Waals surface area contributed by atoms with Crippen LogP contribution in [0.25, 0.3) is 0 Å². The molecule has 1 spiro atoms. The number of anilines is 1. The monoisotopic (exact) mass is 404 g/mol. The van der Waals surface area contributed by atoms with E-state index >= 15 is 0 Å². The predicted octanol–water partition coefficient (Wildman–Crippen LogP) is 3.22. The summed E-state index contributed by atoms with van der Waals surface area (Å²) in [6.07, 6.45) is 1.41. The predicted molar refractivity (Wildman–Crippen MR) is 106 cm³/mol. The first-order valence-electron chi connectivity index (χ1n) is 9.76. The molecular formula is C23H17FN2O4. The Kier molecular flexibility index (Phi) is 3.56. The van der Waals surface area contributed by atoms with Gasteiger partial charge in [0.15, 0.2) is 11.5 Å². The van der Waals surface area contributed by atoms with Crippen LogP contribution in [-0.4, -0.2) is 30.7 Å². The van der Waals surface area contributed by atoms with E-state index in [4.69, 9.17) is 14.2 Å². The highest BCUT2D eigenvalue weighted by atomic mass is 19.1. The van der Waals surface area contributed by atoms with Crippen LogP contribution in [0.4, 0.5) is 10.1 Å². The summed E-state index contributed by atoms with van der Waals surface area (Å²) in [5.41, 5.74) is 1.91. The number of hydrogen-bond donors (Lipinski definition) is 0. The van der Waals surface area contributed by atoms with Crippen LogP contribution in [0.3, 0.4) is 0 Å². The van der Waals surface area contributed by atoms with Crippen molar-refractivity contribution in [1.29, 1.82) is 0 Å². The first kappa shape index (κ1) is 17.3. The van der Waals surface area contributed by atoms with Crippen molar-refractivity contribution in [2.45, 2.75) is 12.0 Å². The lowest BCUT2D eigenvalue weighted by Gasteiger charge is -2.24. The van der Waals surface area contributed by atoms with Gasteiger partial charge in [-0.15, -0.1) is 0 Å². The van der Waals surface area contributed by atoms with E-state index in [0.717, 1.165) is 16.8 Å². The van der Waals surface area contributed by atoms with Crippen LogP contribution in [0.5, 0.6) is 17.2 Å². The number of ether oxygens (including phenoxy) is 3. The molecule has 1 amide bonds. The van der Waals surface area contributed by atoms with Gasteiger partial charge < -0.3 is 19.1 Å². The van der Waals surface area contributed by atoms with E-state index in [1.807, 2.05) is 30.3 Å². The number of aromatic nitrogens is 1. The summed E-state index contributed by atoms with van der Waals surface area (Å²) >= 11 is 0. The van der Waals surface area contributed by atoms with E-state index in [1.165, 1.54) is 18.3 Å². The van der Waals surface area contributed by atoms with Crippen LogP contribution in [0.2, 0.25) is 0 Å². The third-order valence-corrected chi connectivity index (χ3v) is 5.91. The Morgan fingerprint density at radius 2 is 1.77 bits per heavy atom. The Morgan fingerprint density at radius 1 is 0.967 bits per heavy atom. The van der Waals surface area contributed by atoms with Crippen molar-refractivity contribution in [1.82, 2.24) is 4.98 Å². The Morgan fingerprint density at radius 3 is 2.60 bits per heavy atom. The minimum atomic E-state index is -0.977. The average Bonchev–Trinajstić information content (AvgIpc) is 3.25. The van der Waals surface area contributed by atoms with E-state index in [1.54, 1.807) is 11.0 Å². The fraction of sp³-hybridized carbons (Fsp3) is 0.217. The minimum absolute atomic E-state index is 0.120. The summed E-state index contributed by atoms with van der Waals surface area (Å²) in [5.74, 6) is 1.35. The average molecular weight is 404 g/mol. The fourth-order valence-electron chi connectivity index (χ4n) is 4.57. The number of benzene rings is 2. The van der Waals surface area contributed by atoms with Gasteiger partial charge in [0, 0.05) is 23.5 Å². The number of halogens is 1. The zero-order valence-electron chi connectivity index (χ0n) is 15.9. The smallest absolute Gasteiger partial charge is 0.246 e. The third kappa shape index (κ3) is 2.29. The summed E-state index contributed by atoms with van der Waals surface area (Å²) in [5, 5.41) is 0. The second-order valence-corrected chi connectivity index (χ2v) is 7.56. The molecule has 0 bridgehead atoms. The lowest BCUT2D eigenvalue weighted by atomic mass is 9.77. The highest BCUT2D eigenvalue weighted by Crippen LogP contribution is 2.54. The van der Waals surface area contributed by atoms with Crippen LogP contribution in [0, 0.1) is 5.82 Å². The molecule has 150 valence electrons. The molecule has 6 rings (SSSR count). The number of nitrogens with zero attached hydrogens (tertiary/aromatic N) is 2. The summed E-state index contributed by atoms with van der Waals surface area (Å²) in [4.78, 5) is 19.7. The summed E-state index contributed by atoms with van der Waals surface area (Å²) in [6.45, 7) is 1.30. The molecular weight excluding hydrogens is 387 g/mol. The normalized spacial score (nSPS) is 20.8. The Bertz CT molecular complexity index is 1200. The molecule has 2 aromatic carbocycles. The molecule has 1 unspecified atom stereocenters.